The quantitative estimate of drug-likeness (QED) is 0.627. The Bertz CT molecular complexity index is 767. The number of nitrogens with zero attached hydrogens (tertiary/aromatic N) is 2. The molecule has 2 aromatic heterocycles. The zero-order chi connectivity index (χ0) is 16.9. The fraction of sp³-hybridized carbons (Fsp3) is 0.350. The molecule has 0 atom stereocenters. The maximum absolute atomic E-state index is 12.1. The Morgan fingerprint density at radius 1 is 1.33 bits per heavy atom. The van der Waals surface area contributed by atoms with Gasteiger partial charge in [-0.3, -0.25) is 9.97 Å². The van der Waals surface area contributed by atoms with Crippen molar-refractivity contribution >= 4 is 17.6 Å². The highest BCUT2D eigenvalue weighted by Gasteiger charge is 2.19. The van der Waals surface area contributed by atoms with Crippen molar-refractivity contribution in [2.45, 2.75) is 39.5 Å². The molecule has 2 aromatic rings. The maximum Gasteiger partial charge on any atom is 0.339 e. The Morgan fingerprint density at radius 2 is 2.17 bits per heavy atom. The summed E-state index contributed by atoms with van der Waals surface area (Å²) >= 11 is 0. The molecule has 2 heterocycles. The van der Waals surface area contributed by atoms with E-state index >= 15 is 0 Å². The Kier molecular flexibility index (Phi) is 5.04. The molecule has 3 rings (SSSR count). The fourth-order valence-corrected chi connectivity index (χ4v) is 3.08. The molecule has 0 aliphatic heterocycles. The minimum atomic E-state index is -0.285. The molecule has 0 bridgehead atoms. The van der Waals surface area contributed by atoms with Gasteiger partial charge in [-0.15, -0.1) is 0 Å². The van der Waals surface area contributed by atoms with E-state index in [1.165, 1.54) is 5.57 Å². The predicted octanol–water partition coefficient (Wildman–Crippen LogP) is 4.23. The third kappa shape index (κ3) is 3.53. The first-order chi connectivity index (χ1) is 11.7. The van der Waals surface area contributed by atoms with Crippen LogP contribution in [0.15, 0.2) is 30.6 Å². The molecule has 24 heavy (non-hydrogen) atoms. The highest BCUT2D eigenvalue weighted by Crippen LogP contribution is 2.31. The normalized spacial score (nSPS) is 15.7. The van der Waals surface area contributed by atoms with Gasteiger partial charge in [-0.05, 0) is 74.4 Å². The number of aromatic nitrogens is 2. The number of carbonyl (C=O) groups excluding carboxylic acids is 1. The minimum Gasteiger partial charge on any atom is -0.462 e. The number of allylic oxidation sites excluding steroid dienone is 1. The zero-order valence-corrected chi connectivity index (χ0v) is 14.2. The van der Waals surface area contributed by atoms with Crippen molar-refractivity contribution in [3.63, 3.8) is 0 Å². The second-order valence-corrected chi connectivity index (χ2v) is 6.01. The third-order valence-corrected chi connectivity index (χ3v) is 4.26. The van der Waals surface area contributed by atoms with Crippen LogP contribution < -0.4 is 0 Å². The highest BCUT2D eigenvalue weighted by molar-refractivity contribution is 5.92. The van der Waals surface area contributed by atoms with E-state index in [0.717, 1.165) is 48.2 Å². The zero-order valence-electron chi connectivity index (χ0n) is 14.2. The highest BCUT2D eigenvalue weighted by atomic mass is 16.5. The van der Waals surface area contributed by atoms with Crippen LogP contribution in [0.3, 0.4) is 0 Å². The molecule has 0 spiro atoms. The number of carbonyl (C=O) groups is 1. The Labute approximate surface area is 142 Å². The molecule has 0 N–H and O–H groups in total. The first-order valence-corrected chi connectivity index (χ1v) is 8.47. The van der Waals surface area contributed by atoms with Gasteiger partial charge in [0.15, 0.2) is 0 Å². The number of aryl methyl sites for hydroxylation is 2. The lowest BCUT2D eigenvalue weighted by Crippen LogP contribution is -2.10. The topological polar surface area (TPSA) is 52.1 Å². The molecular formula is C20H22N2O2. The van der Waals surface area contributed by atoms with E-state index in [2.05, 4.69) is 11.1 Å². The van der Waals surface area contributed by atoms with Gasteiger partial charge in [0.1, 0.15) is 0 Å². The molecule has 0 aromatic carbocycles. The Balaban J connectivity index is 2.05. The largest absolute Gasteiger partial charge is 0.462 e. The molecule has 0 saturated heterocycles. The van der Waals surface area contributed by atoms with Crippen LogP contribution in [-0.4, -0.2) is 22.5 Å². The van der Waals surface area contributed by atoms with Crippen LogP contribution in [0.2, 0.25) is 0 Å². The van der Waals surface area contributed by atoms with Gasteiger partial charge in [0.25, 0.3) is 0 Å². The van der Waals surface area contributed by atoms with Crippen LogP contribution in [-0.2, 0) is 11.2 Å². The van der Waals surface area contributed by atoms with E-state index < -0.39 is 0 Å². The van der Waals surface area contributed by atoms with Crippen molar-refractivity contribution in [3.05, 3.63) is 58.7 Å². The summed E-state index contributed by atoms with van der Waals surface area (Å²) in [5.41, 5.74) is 5.76. The maximum atomic E-state index is 12.1. The number of ether oxygens (including phenoxy) is 1. The first kappa shape index (κ1) is 16.4. The second kappa shape index (κ2) is 7.39. The van der Waals surface area contributed by atoms with Crippen molar-refractivity contribution < 1.29 is 9.53 Å². The summed E-state index contributed by atoms with van der Waals surface area (Å²) in [6.07, 6.45) is 9.95. The second-order valence-electron chi connectivity index (χ2n) is 6.01. The van der Waals surface area contributed by atoms with Crippen LogP contribution in [0.4, 0.5) is 0 Å². The van der Waals surface area contributed by atoms with Gasteiger partial charge in [-0.25, -0.2) is 4.79 Å². The van der Waals surface area contributed by atoms with Gasteiger partial charge in [0.2, 0.25) is 0 Å². The van der Waals surface area contributed by atoms with Crippen molar-refractivity contribution in [2.24, 2.45) is 0 Å². The Morgan fingerprint density at radius 3 is 2.92 bits per heavy atom. The molecular weight excluding hydrogens is 300 g/mol. The van der Waals surface area contributed by atoms with E-state index in [9.17, 15) is 4.79 Å². The van der Waals surface area contributed by atoms with Crippen molar-refractivity contribution in [3.8, 4) is 0 Å². The smallest absolute Gasteiger partial charge is 0.339 e. The van der Waals surface area contributed by atoms with Crippen LogP contribution in [0.25, 0.3) is 11.6 Å². The van der Waals surface area contributed by atoms with Crippen LogP contribution >= 0.6 is 0 Å². The standard InChI is InChI=1S/C20H22N2O2/c1-3-24-20(23)18-12-17-9-5-4-8-16(19(17)22-14(18)2)11-15-7-6-10-21-13-15/h6-7,10-13H,3-5,8-9H2,1-2H3/b16-11+. The van der Waals surface area contributed by atoms with Gasteiger partial charge in [-0.2, -0.15) is 0 Å². The lowest BCUT2D eigenvalue weighted by molar-refractivity contribution is 0.0525. The van der Waals surface area contributed by atoms with Crippen molar-refractivity contribution in [2.75, 3.05) is 6.61 Å². The SMILES string of the molecule is CCOC(=O)c1cc2c(nc1C)/C(=C/c1cccnc1)CCCC2. The molecule has 4 heteroatoms. The summed E-state index contributed by atoms with van der Waals surface area (Å²) in [6, 6.07) is 5.95. The molecule has 1 aliphatic rings. The molecule has 0 fully saturated rings. The molecule has 4 nitrogen and oxygen atoms in total. The summed E-state index contributed by atoms with van der Waals surface area (Å²) in [5.74, 6) is -0.285. The summed E-state index contributed by atoms with van der Waals surface area (Å²) in [4.78, 5) is 21.1. The molecule has 124 valence electrons. The summed E-state index contributed by atoms with van der Waals surface area (Å²) < 4.78 is 5.15. The van der Waals surface area contributed by atoms with Gasteiger partial charge in [0.05, 0.1) is 23.6 Å². The molecule has 0 amide bonds. The average molecular weight is 322 g/mol. The van der Waals surface area contributed by atoms with Crippen molar-refractivity contribution in [1.82, 2.24) is 9.97 Å². The molecule has 0 unspecified atom stereocenters. The molecule has 0 saturated carbocycles. The molecule has 0 radical (unpaired) electrons. The number of rotatable bonds is 3. The van der Waals surface area contributed by atoms with Gasteiger partial charge < -0.3 is 4.74 Å². The fourth-order valence-electron chi connectivity index (χ4n) is 3.08. The summed E-state index contributed by atoms with van der Waals surface area (Å²) in [6.45, 7) is 4.07. The minimum absolute atomic E-state index is 0.285. The van der Waals surface area contributed by atoms with Crippen molar-refractivity contribution in [1.29, 1.82) is 0 Å². The number of hydrogen-bond donors (Lipinski definition) is 0. The van der Waals surface area contributed by atoms with E-state index in [1.54, 1.807) is 6.20 Å². The number of hydrogen-bond acceptors (Lipinski definition) is 4. The van der Waals surface area contributed by atoms with E-state index in [1.807, 2.05) is 38.2 Å². The summed E-state index contributed by atoms with van der Waals surface area (Å²) in [5, 5.41) is 0. The van der Waals surface area contributed by atoms with Gasteiger partial charge >= 0.3 is 5.97 Å². The van der Waals surface area contributed by atoms with Crippen LogP contribution in [0.1, 0.15) is 59.1 Å². The number of pyridine rings is 2. The average Bonchev–Trinajstić information content (AvgIpc) is 2.77. The van der Waals surface area contributed by atoms with Gasteiger partial charge in [-0.1, -0.05) is 6.07 Å². The first-order valence-electron chi connectivity index (χ1n) is 8.47. The monoisotopic (exact) mass is 322 g/mol. The van der Waals surface area contributed by atoms with E-state index in [4.69, 9.17) is 9.72 Å². The van der Waals surface area contributed by atoms with Crippen LogP contribution in [0, 0.1) is 6.92 Å². The number of esters is 1. The lowest BCUT2D eigenvalue weighted by Gasteiger charge is -2.13. The van der Waals surface area contributed by atoms with E-state index in [-0.39, 0.29) is 5.97 Å². The van der Waals surface area contributed by atoms with Gasteiger partial charge in [0, 0.05) is 12.4 Å². The summed E-state index contributed by atoms with van der Waals surface area (Å²) in [7, 11) is 0. The molecule has 1 aliphatic carbocycles. The van der Waals surface area contributed by atoms with E-state index in [0.29, 0.717) is 12.2 Å². The van der Waals surface area contributed by atoms with Crippen LogP contribution in [0.5, 0.6) is 0 Å². The Hall–Kier alpha value is -2.49. The third-order valence-electron chi connectivity index (χ3n) is 4.26. The number of fused-ring (bicyclic) bond motifs is 1. The lowest BCUT2D eigenvalue weighted by atomic mass is 9.99. The predicted molar refractivity (Wildman–Crippen MR) is 94.6 cm³/mol.